The van der Waals surface area contributed by atoms with Crippen LogP contribution in [-0.4, -0.2) is 31.3 Å². The van der Waals surface area contributed by atoms with Gasteiger partial charge in [-0.25, -0.2) is 14.6 Å². The van der Waals surface area contributed by atoms with Crippen molar-refractivity contribution in [3.8, 4) is 5.82 Å². The molecule has 0 aromatic carbocycles. The first-order valence-electron chi connectivity index (χ1n) is 5.23. The van der Waals surface area contributed by atoms with Crippen molar-refractivity contribution in [3.05, 3.63) is 24.4 Å². The molecule has 0 unspecified atom stereocenters. The van der Waals surface area contributed by atoms with Crippen molar-refractivity contribution >= 4 is 5.95 Å². The summed E-state index contributed by atoms with van der Waals surface area (Å²) in [5, 5.41) is 7.20. The third-order valence-electron chi connectivity index (χ3n) is 2.11. The van der Waals surface area contributed by atoms with Crippen LogP contribution in [0, 0.1) is 6.92 Å². The van der Waals surface area contributed by atoms with Gasteiger partial charge in [-0.3, -0.25) is 0 Å². The predicted octanol–water partition coefficient (Wildman–Crippen LogP) is 1.19. The van der Waals surface area contributed by atoms with E-state index in [1.165, 1.54) is 6.33 Å². The largest absolute Gasteiger partial charge is 0.354 e. The maximum absolute atomic E-state index is 4.39. The molecule has 16 heavy (non-hydrogen) atoms. The van der Waals surface area contributed by atoms with Crippen LogP contribution in [0.1, 0.15) is 18.9 Å². The molecule has 0 bridgehead atoms. The predicted molar refractivity (Wildman–Crippen MR) is 60.5 cm³/mol. The summed E-state index contributed by atoms with van der Waals surface area (Å²) in [5.74, 6) is 1.38. The second kappa shape index (κ2) is 4.69. The summed E-state index contributed by atoms with van der Waals surface area (Å²) >= 11 is 0. The summed E-state index contributed by atoms with van der Waals surface area (Å²) in [7, 11) is 0. The molecular weight excluding hydrogens is 204 g/mol. The molecule has 0 spiro atoms. The number of hydrogen-bond donors (Lipinski definition) is 1. The standard InChI is InChI=1S/C10H14N6/c1-3-4-12-10-13-5-8(2)9(15-10)16-7-11-6-14-16/h5-7H,3-4H2,1-2H3,(H,12,13,15). The van der Waals surface area contributed by atoms with E-state index in [4.69, 9.17) is 0 Å². The number of rotatable bonds is 4. The molecule has 0 saturated carbocycles. The summed E-state index contributed by atoms with van der Waals surface area (Å²) in [6.45, 7) is 4.90. The zero-order valence-electron chi connectivity index (χ0n) is 9.38. The second-order valence-corrected chi connectivity index (χ2v) is 3.47. The molecule has 0 atom stereocenters. The molecule has 6 nitrogen and oxygen atoms in total. The minimum Gasteiger partial charge on any atom is -0.354 e. The van der Waals surface area contributed by atoms with E-state index in [1.807, 2.05) is 6.92 Å². The number of aromatic nitrogens is 5. The minimum absolute atomic E-state index is 0.623. The fourth-order valence-corrected chi connectivity index (χ4v) is 1.30. The van der Waals surface area contributed by atoms with Crippen LogP contribution in [0.15, 0.2) is 18.9 Å². The number of aryl methyl sites for hydroxylation is 1. The summed E-state index contributed by atoms with van der Waals surface area (Å²) in [6.07, 6.45) is 5.93. The Morgan fingerprint density at radius 1 is 1.44 bits per heavy atom. The highest BCUT2D eigenvalue weighted by Gasteiger charge is 2.05. The average Bonchev–Trinajstić information content (AvgIpc) is 2.81. The van der Waals surface area contributed by atoms with E-state index in [9.17, 15) is 0 Å². The quantitative estimate of drug-likeness (QED) is 0.834. The zero-order valence-corrected chi connectivity index (χ0v) is 9.38. The molecule has 0 aliphatic heterocycles. The van der Waals surface area contributed by atoms with E-state index < -0.39 is 0 Å². The van der Waals surface area contributed by atoms with Gasteiger partial charge in [0, 0.05) is 18.3 Å². The fourth-order valence-electron chi connectivity index (χ4n) is 1.30. The summed E-state index contributed by atoms with van der Waals surface area (Å²) in [6, 6.07) is 0. The Morgan fingerprint density at radius 3 is 3.00 bits per heavy atom. The van der Waals surface area contributed by atoms with Gasteiger partial charge in [0.15, 0.2) is 5.82 Å². The van der Waals surface area contributed by atoms with E-state index in [-0.39, 0.29) is 0 Å². The van der Waals surface area contributed by atoms with Gasteiger partial charge in [-0.2, -0.15) is 10.1 Å². The Morgan fingerprint density at radius 2 is 2.31 bits per heavy atom. The average molecular weight is 218 g/mol. The Balaban J connectivity index is 2.30. The third kappa shape index (κ3) is 2.16. The topological polar surface area (TPSA) is 68.5 Å². The van der Waals surface area contributed by atoms with Crippen LogP contribution in [0.2, 0.25) is 0 Å². The van der Waals surface area contributed by atoms with Crippen molar-refractivity contribution in [2.75, 3.05) is 11.9 Å². The lowest BCUT2D eigenvalue weighted by Gasteiger charge is -2.07. The van der Waals surface area contributed by atoms with Crippen LogP contribution >= 0.6 is 0 Å². The Hall–Kier alpha value is -1.98. The summed E-state index contributed by atoms with van der Waals surface area (Å²) in [4.78, 5) is 12.5. The van der Waals surface area contributed by atoms with E-state index in [0.29, 0.717) is 5.95 Å². The molecule has 6 heteroatoms. The van der Waals surface area contributed by atoms with Crippen molar-refractivity contribution in [3.63, 3.8) is 0 Å². The van der Waals surface area contributed by atoms with Crippen LogP contribution in [0.25, 0.3) is 5.82 Å². The van der Waals surface area contributed by atoms with Crippen molar-refractivity contribution in [1.29, 1.82) is 0 Å². The lowest BCUT2D eigenvalue weighted by atomic mass is 10.3. The van der Waals surface area contributed by atoms with Crippen molar-refractivity contribution in [2.45, 2.75) is 20.3 Å². The molecule has 2 aromatic rings. The smallest absolute Gasteiger partial charge is 0.224 e. The van der Waals surface area contributed by atoms with Gasteiger partial charge < -0.3 is 5.32 Å². The van der Waals surface area contributed by atoms with Crippen molar-refractivity contribution in [1.82, 2.24) is 24.7 Å². The highest BCUT2D eigenvalue weighted by Crippen LogP contribution is 2.10. The van der Waals surface area contributed by atoms with Gasteiger partial charge in [-0.15, -0.1) is 0 Å². The number of nitrogens with zero attached hydrogens (tertiary/aromatic N) is 5. The molecule has 0 radical (unpaired) electrons. The van der Waals surface area contributed by atoms with Crippen LogP contribution < -0.4 is 5.32 Å². The number of nitrogens with one attached hydrogen (secondary N) is 1. The normalized spacial score (nSPS) is 10.4. The Kier molecular flexibility index (Phi) is 3.09. The number of anilines is 1. The monoisotopic (exact) mass is 218 g/mol. The molecule has 0 amide bonds. The third-order valence-corrected chi connectivity index (χ3v) is 2.11. The van der Waals surface area contributed by atoms with Crippen LogP contribution in [0.5, 0.6) is 0 Å². The van der Waals surface area contributed by atoms with E-state index in [0.717, 1.165) is 24.3 Å². The molecule has 0 fully saturated rings. The molecule has 0 aliphatic carbocycles. The fraction of sp³-hybridized carbons (Fsp3) is 0.400. The molecule has 84 valence electrons. The zero-order chi connectivity index (χ0) is 11.4. The van der Waals surface area contributed by atoms with Gasteiger partial charge in [-0.05, 0) is 13.3 Å². The summed E-state index contributed by atoms with van der Waals surface area (Å²) < 4.78 is 1.63. The first-order chi connectivity index (χ1) is 7.81. The van der Waals surface area contributed by atoms with E-state index in [1.54, 1.807) is 17.2 Å². The first-order valence-corrected chi connectivity index (χ1v) is 5.23. The highest BCUT2D eigenvalue weighted by atomic mass is 15.4. The number of hydrogen-bond acceptors (Lipinski definition) is 5. The molecular formula is C10H14N6. The van der Waals surface area contributed by atoms with Gasteiger partial charge in [0.05, 0.1) is 0 Å². The van der Waals surface area contributed by atoms with Gasteiger partial charge in [-0.1, -0.05) is 6.92 Å². The van der Waals surface area contributed by atoms with Crippen LogP contribution in [0.3, 0.4) is 0 Å². The first kappa shape index (κ1) is 10.5. The van der Waals surface area contributed by atoms with Gasteiger partial charge in [0.2, 0.25) is 5.95 Å². The Labute approximate surface area is 93.8 Å². The lowest BCUT2D eigenvalue weighted by Crippen LogP contribution is -2.08. The maximum atomic E-state index is 4.39. The molecule has 2 heterocycles. The van der Waals surface area contributed by atoms with E-state index in [2.05, 4.69) is 32.3 Å². The van der Waals surface area contributed by atoms with Crippen molar-refractivity contribution < 1.29 is 0 Å². The SMILES string of the molecule is CCCNc1ncc(C)c(-n2cncn2)n1. The molecule has 0 aliphatic rings. The van der Waals surface area contributed by atoms with Crippen LogP contribution in [-0.2, 0) is 0 Å². The second-order valence-electron chi connectivity index (χ2n) is 3.47. The van der Waals surface area contributed by atoms with Gasteiger partial charge in [0.1, 0.15) is 12.7 Å². The Bertz CT molecular complexity index is 450. The van der Waals surface area contributed by atoms with Crippen LogP contribution in [0.4, 0.5) is 5.95 Å². The lowest BCUT2D eigenvalue weighted by molar-refractivity contribution is 0.825. The molecule has 1 N–H and O–H groups in total. The molecule has 0 saturated heterocycles. The van der Waals surface area contributed by atoms with Gasteiger partial charge >= 0.3 is 0 Å². The maximum Gasteiger partial charge on any atom is 0.224 e. The minimum atomic E-state index is 0.623. The van der Waals surface area contributed by atoms with Crippen molar-refractivity contribution in [2.24, 2.45) is 0 Å². The molecule has 2 rings (SSSR count). The van der Waals surface area contributed by atoms with Gasteiger partial charge in [0.25, 0.3) is 0 Å². The highest BCUT2D eigenvalue weighted by molar-refractivity contribution is 5.36. The molecule has 2 aromatic heterocycles. The van der Waals surface area contributed by atoms with E-state index >= 15 is 0 Å². The summed E-state index contributed by atoms with van der Waals surface area (Å²) in [5.41, 5.74) is 0.965.